The van der Waals surface area contributed by atoms with Crippen molar-refractivity contribution in [3.63, 3.8) is 0 Å². The molecule has 5 N–H and O–H groups in total. The van der Waals surface area contributed by atoms with Crippen LogP contribution in [0.15, 0.2) is 36.9 Å². The van der Waals surface area contributed by atoms with Gasteiger partial charge < -0.3 is 35.3 Å². The second-order valence-corrected chi connectivity index (χ2v) is 9.74. The van der Waals surface area contributed by atoms with E-state index in [9.17, 15) is 19.8 Å². The van der Waals surface area contributed by atoms with Gasteiger partial charge in [0.05, 0.1) is 24.6 Å². The van der Waals surface area contributed by atoms with E-state index in [0.29, 0.717) is 22.5 Å². The minimum atomic E-state index is -0.947. The van der Waals surface area contributed by atoms with Gasteiger partial charge >= 0.3 is 5.97 Å². The zero-order valence-corrected chi connectivity index (χ0v) is 20.3. The van der Waals surface area contributed by atoms with Gasteiger partial charge in [0.15, 0.2) is 18.1 Å². The fourth-order valence-corrected chi connectivity index (χ4v) is 4.28. The van der Waals surface area contributed by atoms with Crippen LogP contribution in [0.4, 0.5) is 5.82 Å². The third-order valence-corrected chi connectivity index (χ3v) is 5.90. The van der Waals surface area contributed by atoms with Crippen molar-refractivity contribution in [2.75, 3.05) is 18.9 Å². The number of nitrogens with two attached hydrogens (primary N) is 1. The summed E-state index contributed by atoms with van der Waals surface area (Å²) in [6.45, 7) is 5.24. The average molecular weight is 499 g/mol. The molecular weight excluding hydrogens is 468 g/mol. The van der Waals surface area contributed by atoms with Gasteiger partial charge in [-0.2, -0.15) is 0 Å². The third kappa shape index (κ3) is 5.55. The lowest BCUT2D eigenvalue weighted by atomic mass is 10.0. The van der Waals surface area contributed by atoms with Crippen molar-refractivity contribution in [2.45, 2.75) is 51.0 Å². The molecule has 1 fully saturated rings. The number of carbonyl (C=O) groups excluding carboxylic acids is 2. The van der Waals surface area contributed by atoms with Crippen LogP contribution < -0.4 is 15.8 Å². The molecule has 4 atom stereocenters. The Morgan fingerprint density at radius 3 is 2.58 bits per heavy atom. The number of esters is 1. The summed E-state index contributed by atoms with van der Waals surface area (Å²) in [7, 11) is 0. The van der Waals surface area contributed by atoms with E-state index in [2.05, 4.69) is 20.3 Å². The molecule has 1 amide bonds. The molecule has 12 nitrogen and oxygen atoms in total. The lowest BCUT2D eigenvalue weighted by Gasteiger charge is -2.22. The molecule has 0 unspecified atom stereocenters. The van der Waals surface area contributed by atoms with Crippen molar-refractivity contribution in [3.8, 4) is 5.75 Å². The number of amides is 1. The van der Waals surface area contributed by atoms with Crippen LogP contribution in [0.5, 0.6) is 5.75 Å². The van der Waals surface area contributed by atoms with Gasteiger partial charge in [0.1, 0.15) is 23.2 Å². The molecule has 1 aliphatic carbocycles. The highest BCUT2D eigenvalue weighted by Crippen LogP contribution is 2.37. The first-order valence-corrected chi connectivity index (χ1v) is 11.6. The van der Waals surface area contributed by atoms with E-state index in [1.807, 2.05) is 0 Å². The average Bonchev–Trinajstić information content (AvgIpc) is 3.36. The summed E-state index contributed by atoms with van der Waals surface area (Å²) in [5, 5.41) is 24.4. The molecule has 12 heteroatoms. The largest absolute Gasteiger partial charge is 0.482 e. The van der Waals surface area contributed by atoms with Gasteiger partial charge in [-0.1, -0.05) is 0 Å². The molecule has 0 aliphatic heterocycles. The first-order valence-electron chi connectivity index (χ1n) is 11.6. The number of hydrogen-bond donors (Lipinski definition) is 4. The Morgan fingerprint density at radius 2 is 1.89 bits per heavy atom. The van der Waals surface area contributed by atoms with Crippen LogP contribution >= 0.6 is 0 Å². The molecule has 4 rings (SSSR count). The van der Waals surface area contributed by atoms with Gasteiger partial charge in [0, 0.05) is 18.0 Å². The maximum absolute atomic E-state index is 12.6. The fraction of sp³-hybridized carbons (Fsp3) is 0.458. The maximum atomic E-state index is 12.6. The molecule has 192 valence electrons. The van der Waals surface area contributed by atoms with E-state index in [0.717, 1.165) is 0 Å². The summed E-state index contributed by atoms with van der Waals surface area (Å²) in [5.41, 5.74) is 6.44. The Labute approximate surface area is 207 Å². The van der Waals surface area contributed by atoms with E-state index in [4.69, 9.17) is 15.2 Å². The normalized spacial score (nSPS) is 21.9. The van der Waals surface area contributed by atoms with Crippen molar-refractivity contribution in [3.05, 3.63) is 42.5 Å². The minimum Gasteiger partial charge on any atom is -0.482 e. The van der Waals surface area contributed by atoms with Crippen LogP contribution in [-0.2, 0) is 9.53 Å². The van der Waals surface area contributed by atoms with Gasteiger partial charge in [-0.05, 0) is 51.5 Å². The molecule has 1 aliphatic rings. The fourth-order valence-electron chi connectivity index (χ4n) is 4.28. The van der Waals surface area contributed by atoms with Crippen molar-refractivity contribution in [2.24, 2.45) is 5.92 Å². The summed E-state index contributed by atoms with van der Waals surface area (Å²) in [4.78, 5) is 36.7. The molecule has 2 aromatic heterocycles. The Bertz CT molecular complexity index is 1240. The quantitative estimate of drug-likeness (QED) is 0.342. The zero-order chi connectivity index (χ0) is 26.0. The lowest BCUT2D eigenvalue weighted by molar-refractivity contribution is -0.157. The summed E-state index contributed by atoms with van der Waals surface area (Å²) < 4.78 is 12.2. The lowest BCUT2D eigenvalue weighted by Crippen LogP contribution is -2.35. The van der Waals surface area contributed by atoms with Crippen LogP contribution in [-0.4, -0.2) is 72.6 Å². The van der Waals surface area contributed by atoms with E-state index in [1.54, 1.807) is 49.6 Å². The van der Waals surface area contributed by atoms with E-state index in [-0.39, 0.29) is 37.2 Å². The van der Waals surface area contributed by atoms with Gasteiger partial charge in [-0.15, -0.1) is 0 Å². The Hall–Kier alpha value is -3.77. The topological polar surface area (TPSA) is 175 Å². The molecule has 0 spiro atoms. The smallest absolute Gasteiger partial charge is 0.344 e. The number of benzene rings is 1. The van der Waals surface area contributed by atoms with Crippen molar-refractivity contribution >= 4 is 28.9 Å². The number of anilines is 1. The molecular formula is C24H30N6O6. The van der Waals surface area contributed by atoms with Gasteiger partial charge in [-0.3, -0.25) is 4.79 Å². The summed E-state index contributed by atoms with van der Waals surface area (Å²) >= 11 is 0. The number of nitrogen functional groups attached to an aromatic ring is 1. The monoisotopic (exact) mass is 498 g/mol. The first kappa shape index (κ1) is 25.3. The number of aliphatic hydroxyl groups excluding tert-OH is 2. The van der Waals surface area contributed by atoms with Crippen LogP contribution in [0, 0.1) is 5.92 Å². The molecule has 2 heterocycles. The SMILES string of the molecule is CC(C)(C)OC(=O)COc1ccc(C(=O)NC[C@H]2C[C@@H](O)[C@H](n3cnc4c(N)ncnc43)[C@H]2O)cc1. The van der Waals surface area contributed by atoms with Crippen LogP contribution in [0.1, 0.15) is 43.6 Å². The van der Waals surface area contributed by atoms with E-state index < -0.39 is 29.8 Å². The highest BCUT2D eigenvalue weighted by molar-refractivity contribution is 5.94. The van der Waals surface area contributed by atoms with Crippen LogP contribution in [0.3, 0.4) is 0 Å². The van der Waals surface area contributed by atoms with Crippen molar-refractivity contribution in [1.29, 1.82) is 0 Å². The molecule has 3 aromatic rings. The maximum Gasteiger partial charge on any atom is 0.344 e. The predicted molar refractivity (Wildman–Crippen MR) is 129 cm³/mol. The molecule has 36 heavy (non-hydrogen) atoms. The third-order valence-electron chi connectivity index (χ3n) is 5.90. The van der Waals surface area contributed by atoms with Crippen LogP contribution in [0.2, 0.25) is 0 Å². The van der Waals surface area contributed by atoms with E-state index in [1.165, 1.54) is 12.7 Å². The van der Waals surface area contributed by atoms with Crippen molar-refractivity contribution < 1.29 is 29.3 Å². The highest BCUT2D eigenvalue weighted by Gasteiger charge is 2.43. The molecule has 0 bridgehead atoms. The number of nitrogens with zero attached hydrogens (tertiary/aromatic N) is 4. The van der Waals surface area contributed by atoms with Crippen molar-refractivity contribution in [1.82, 2.24) is 24.8 Å². The number of imidazole rings is 1. The Kier molecular flexibility index (Phi) is 7.09. The Morgan fingerprint density at radius 1 is 1.17 bits per heavy atom. The number of fused-ring (bicyclic) bond motifs is 1. The predicted octanol–water partition coefficient (Wildman–Crippen LogP) is 0.842. The summed E-state index contributed by atoms with van der Waals surface area (Å²) in [5.74, 6) is -0.577. The van der Waals surface area contributed by atoms with Gasteiger partial charge in [0.25, 0.3) is 5.91 Å². The Balaban J connectivity index is 1.32. The molecule has 1 saturated carbocycles. The van der Waals surface area contributed by atoms with E-state index >= 15 is 0 Å². The number of rotatable bonds is 7. The highest BCUT2D eigenvalue weighted by atomic mass is 16.6. The number of carbonyl (C=O) groups is 2. The summed E-state index contributed by atoms with van der Waals surface area (Å²) in [6.07, 6.45) is 1.24. The number of nitrogens with one attached hydrogen (secondary N) is 1. The van der Waals surface area contributed by atoms with Gasteiger partial charge in [-0.25, -0.2) is 19.7 Å². The minimum absolute atomic E-state index is 0.161. The van der Waals surface area contributed by atoms with Crippen LogP contribution in [0.25, 0.3) is 11.2 Å². The summed E-state index contributed by atoms with van der Waals surface area (Å²) in [6, 6.07) is 5.63. The zero-order valence-electron chi connectivity index (χ0n) is 20.3. The van der Waals surface area contributed by atoms with Gasteiger partial charge in [0.2, 0.25) is 0 Å². The second-order valence-electron chi connectivity index (χ2n) is 9.74. The number of aliphatic hydroxyl groups is 2. The number of aromatic nitrogens is 4. The molecule has 0 saturated heterocycles. The standard InChI is InChI=1S/C24H30N6O6/c1-24(2,3)36-17(32)10-35-15-6-4-13(5-7-15)23(34)26-9-14-8-16(31)19(20(14)33)30-12-29-18-21(25)27-11-28-22(18)30/h4-7,11-12,14,16,19-20,31,33H,8-10H2,1-3H3,(H,26,34)(H2,25,27,28)/t14-,16-,19+,20+/m1/s1. The second kappa shape index (κ2) is 10.1. The number of hydrogen-bond acceptors (Lipinski definition) is 10. The first-order chi connectivity index (χ1) is 17.0. The number of ether oxygens (including phenoxy) is 2. The molecule has 0 radical (unpaired) electrons. The molecule has 1 aromatic carbocycles.